The Hall–Kier alpha value is -4.98. The van der Waals surface area contributed by atoms with Gasteiger partial charge in [0.1, 0.15) is 11.5 Å². The van der Waals surface area contributed by atoms with E-state index in [1.807, 2.05) is 43.3 Å². The molecule has 37 heavy (non-hydrogen) atoms. The summed E-state index contributed by atoms with van der Waals surface area (Å²) in [5.41, 5.74) is 4.69. The summed E-state index contributed by atoms with van der Waals surface area (Å²) >= 11 is 0. The number of hydrazone groups is 1. The topological polar surface area (TPSA) is 106 Å². The maximum absolute atomic E-state index is 12.8. The van der Waals surface area contributed by atoms with Crippen LogP contribution in [-0.2, 0) is 4.79 Å². The number of methoxy groups -OCH3 is 1. The van der Waals surface area contributed by atoms with Gasteiger partial charge in [0.15, 0.2) is 0 Å². The first-order valence-electron chi connectivity index (χ1n) is 11.5. The summed E-state index contributed by atoms with van der Waals surface area (Å²) in [6.45, 7) is 1.62. The smallest absolute Gasteiger partial charge is 0.343 e. The van der Waals surface area contributed by atoms with Gasteiger partial charge in [0, 0.05) is 11.1 Å². The highest BCUT2D eigenvalue weighted by Crippen LogP contribution is 2.27. The van der Waals surface area contributed by atoms with Crippen LogP contribution in [0, 0.1) is 6.92 Å². The summed E-state index contributed by atoms with van der Waals surface area (Å²) in [5, 5.41) is 8.28. The van der Waals surface area contributed by atoms with E-state index in [0.717, 1.165) is 16.3 Å². The first-order chi connectivity index (χ1) is 17.9. The van der Waals surface area contributed by atoms with Crippen LogP contribution in [0.3, 0.4) is 0 Å². The lowest BCUT2D eigenvalue weighted by molar-refractivity contribution is -0.120. The van der Waals surface area contributed by atoms with Crippen molar-refractivity contribution in [2.75, 3.05) is 13.7 Å². The minimum Gasteiger partial charge on any atom is -0.497 e. The molecule has 0 spiro atoms. The Morgan fingerprint density at radius 3 is 2.43 bits per heavy atom. The van der Waals surface area contributed by atoms with Crippen LogP contribution in [0.15, 0.2) is 90.0 Å². The van der Waals surface area contributed by atoms with Crippen LogP contribution >= 0.6 is 0 Å². The second-order valence-electron chi connectivity index (χ2n) is 8.16. The molecule has 0 heterocycles. The molecule has 0 radical (unpaired) electrons. The summed E-state index contributed by atoms with van der Waals surface area (Å²) in [6, 6.07) is 24.7. The van der Waals surface area contributed by atoms with Crippen molar-refractivity contribution in [3.8, 4) is 11.5 Å². The zero-order valence-corrected chi connectivity index (χ0v) is 20.4. The van der Waals surface area contributed by atoms with Crippen molar-refractivity contribution in [1.82, 2.24) is 10.7 Å². The van der Waals surface area contributed by atoms with E-state index in [9.17, 15) is 14.4 Å². The minimum atomic E-state index is -0.517. The predicted octanol–water partition coefficient (Wildman–Crippen LogP) is 4.26. The van der Waals surface area contributed by atoms with Gasteiger partial charge in [-0.05, 0) is 60.2 Å². The third-order valence-corrected chi connectivity index (χ3v) is 5.53. The molecular weight excluding hydrogens is 470 g/mol. The largest absolute Gasteiger partial charge is 0.497 e. The number of carbonyl (C=O) groups is 3. The SMILES string of the molecule is COc1ccc(C(=O)NCC(=O)NN=Cc2c(OC(=O)c3cccc(C)c3)ccc3ccccc23)cc1. The summed E-state index contributed by atoms with van der Waals surface area (Å²) in [5.74, 6) is -0.492. The van der Waals surface area contributed by atoms with Gasteiger partial charge in [-0.25, -0.2) is 10.2 Å². The molecule has 0 saturated carbocycles. The maximum Gasteiger partial charge on any atom is 0.343 e. The lowest BCUT2D eigenvalue weighted by Gasteiger charge is -2.11. The van der Waals surface area contributed by atoms with E-state index in [4.69, 9.17) is 9.47 Å². The molecular formula is C29H25N3O5. The quantitative estimate of drug-likeness (QED) is 0.164. The van der Waals surface area contributed by atoms with Crippen molar-refractivity contribution in [2.45, 2.75) is 6.92 Å². The third kappa shape index (κ3) is 6.37. The Kier molecular flexibility index (Phi) is 7.90. The molecule has 0 aliphatic heterocycles. The van der Waals surface area contributed by atoms with E-state index in [0.29, 0.717) is 28.2 Å². The molecule has 186 valence electrons. The highest BCUT2D eigenvalue weighted by Gasteiger charge is 2.14. The van der Waals surface area contributed by atoms with E-state index >= 15 is 0 Å². The first-order valence-corrected chi connectivity index (χ1v) is 11.5. The average molecular weight is 496 g/mol. The summed E-state index contributed by atoms with van der Waals surface area (Å²) < 4.78 is 10.8. The fraction of sp³-hybridized carbons (Fsp3) is 0.103. The second kappa shape index (κ2) is 11.6. The summed E-state index contributed by atoms with van der Waals surface area (Å²) in [7, 11) is 1.54. The normalized spacial score (nSPS) is 10.8. The number of esters is 1. The zero-order valence-electron chi connectivity index (χ0n) is 20.4. The van der Waals surface area contributed by atoms with Gasteiger partial charge in [0.25, 0.3) is 11.8 Å². The Morgan fingerprint density at radius 2 is 1.68 bits per heavy atom. The second-order valence-corrected chi connectivity index (χ2v) is 8.16. The molecule has 8 nitrogen and oxygen atoms in total. The Bertz CT molecular complexity index is 1480. The van der Waals surface area contributed by atoms with E-state index in [2.05, 4.69) is 15.8 Å². The number of nitrogens with one attached hydrogen (secondary N) is 2. The first kappa shape index (κ1) is 25.1. The van der Waals surface area contributed by atoms with Gasteiger partial charge in [0.2, 0.25) is 0 Å². The Labute approximate surface area is 213 Å². The molecule has 0 bridgehead atoms. The standard InChI is InChI=1S/C29H25N3O5/c1-19-6-5-8-22(16-19)29(35)37-26-15-12-20-7-3-4-9-24(20)25(26)17-31-32-27(33)18-30-28(34)21-10-13-23(36-2)14-11-21/h3-17H,18H2,1-2H3,(H,30,34)(H,32,33). The number of fused-ring (bicyclic) bond motifs is 1. The van der Waals surface area contributed by atoms with Gasteiger partial charge >= 0.3 is 5.97 Å². The molecule has 8 heteroatoms. The highest BCUT2D eigenvalue weighted by atomic mass is 16.5. The number of hydrogen-bond donors (Lipinski definition) is 2. The van der Waals surface area contributed by atoms with E-state index < -0.39 is 17.8 Å². The molecule has 0 aromatic heterocycles. The average Bonchev–Trinajstić information content (AvgIpc) is 2.92. The Morgan fingerprint density at radius 1 is 0.892 bits per heavy atom. The Balaban J connectivity index is 1.45. The number of nitrogens with zero attached hydrogens (tertiary/aromatic N) is 1. The maximum atomic E-state index is 12.8. The molecule has 0 fully saturated rings. The number of hydrogen-bond acceptors (Lipinski definition) is 6. The lowest BCUT2D eigenvalue weighted by Crippen LogP contribution is -2.34. The van der Waals surface area contributed by atoms with E-state index in [1.165, 1.54) is 13.3 Å². The predicted molar refractivity (Wildman–Crippen MR) is 141 cm³/mol. The van der Waals surface area contributed by atoms with Crippen LogP contribution < -0.4 is 20.2 Å². The molecule has 4 aromatic carbocycles. The number of ether oxygens (including phenoxy) is 2. The van der Waals surface area contributed by atoms with Crippen LogP contribution in [0.1, 0.15) is 31.8 Å². The molecule has 0 aliphatic carbocycles. The van der Waals surface area contributed by atoms with Crippen LogP contribution in [-0.4, -0.2) is 37.7 Å². The van der Waals surface area contributed by atoms with Crippen molar-refractivity contribution in [2.24, 2.45) is 5.10 Å². The van der Waals surface area contributed by atoms with Crippen LogP contribution in [0.4, 0.5) is 0 Å². The van der Waals surface area contributed by atoms with Crippen LogP contribution in [0.2, 0.25) is 0 Å². The number of amides is 2. The van der Waals surface area contributed by atoms with Gasteiger partial charge in [-0.15, -0.1) is 0 Å². The molecule has 0 unspecified atom stereocenters. The monoisotopic (exact) mass is 495 g/mol. The molecule has 0 saturated heterocycles. The van der Waals surface area contributed by atoms with Gasteiger partial charge in [-0.2, -0.15) is 5.10 Å². The van der Waals surface area contributed by atoms with Crippen LogP contribution in [0.5, 0.6) is 11.5 Å². The van der Waals surface area contributed by atoms with Gasteiger partial charge in [-0.3, -0.25) is 9.59 Å². The van der Waals surface area contributed by atoms with E-state index in [1.54, 1.807) is 48.5 Å². The number of benzene rings is 4. The number of carbonyl (C=O) groups excluding carboxylic acids is 3. The molecule has 2 amide bonds. The molecule has 2 N–H and O–H groups in total. The molecule has 4 aromatic rings. The molecule has 4 rings (SSSR count). The molecule has 0 atom stereocenters. The number of rotatable bonds is 8. The minimum absolute atomic E-state index is 0.271. The number of aryl methyl sites for hydroxylation is 1. The fourth-order valence-electron chi connectivity index (χ4n) is 3.64. The van der Waals surface area contributed by atoms with Gasteiger partial charge < -0.3 is 14.8 Å². The summed E-state index contributed by atoms with van der Waals surface area (Å²) in [4.78, 5) is 37.3. The summed E-state index contributed by atoms with van der Waals surface area (Å²) in [6.07, 6.45) is 1.42. The van der Waals surface area contributed by atoms with Crippen molar-refractivity contribution < 1.29 is 23.9 Å². The molecule has 0 aliphatic rings. The lowest BCUT2D eigenvalue weighted by atomic mass is 10.0. The van der Waals surface area contributed by atoms with Gasteiger partial charge in [-0.1, -0.05) is 48.0 Å². The highest BCUT2D eigenvalue weighted by molar-refractivity contribution is 6.04. The van der Waals surface area contributed by atoms with Crippen LogP contribution in [0.25, 0.3) is 10.8 Å². The fourth-order valence-corrected chi connectivity index (χ4v) is 3.64. The van der Waals surface area contributed by atoms with Crippen molar-refractivity contribution in [3.05, 3.63) is 107 Å². The van der Waals surface area contributed by atoms with E-state index in [-0.39, 0.29) is 6.54 Å². The third-order valence-electron chi connectivity index (χ3n) is 5.53. The van der Waals surface area contributed by atoms with Crippen molar-refractivity contribution in [1.29, 1.82) is 0 Å². The van der Waals surface area contributed by atoms with Crippen molar-refractivity contribution >= 4 is 34.8 Å². The zero-order chi connectivity index (χ0) is 26.2. The van der Waals surface area contributed by atoms with Crippen molar-refractivity contribution in [3.63, 3.8) is 0 Å². The van der Waals surface area contributed by atoms with Gasteiger partial charge in [0.05, 0.1) is 25.4 Å².